The minimum atomic E-state index is -4.76. The zero-order valence-electron chi connectivity index (χ0n) is 14.4. The Hall–Kier alpha value is -2.91. The minimum absolute atomic E-state index is 0.0313. The van der Waals surface area contributed by atoms with Crippen LogP contribution in [0.5, 0.6) is 5.75 Å². The molecular weight excluding hydrogens is 351 g/mol. The maximum atomic E-state index is 12.9. The third-order valence-corrected chi connectivity index (χ3v) is 3.43. The maximum Gasteiger partial charge on any atom is 0.451 e. The standard InChI is InChI=1S/C16H18F3N5O2/c1-9(11-4-6-12(26-3)7-5-11)8-20-14-22-13(16(17,18)19)23-15(24-14)21-10(2)25/h4-7,9H,8H2,1-3H3,(H2,20,21,22,23,24,25). The van der Waals surface area contributed by atoms with Crippen LogP contribution in [0.1, 0.15) is 31.2 Å². The highest BCUT2D eigenvalue weighted by molar-refractivity contribution is 5.86. The fraction of sp³-hybridized carbons (Fsp3) is 0.375. The Kier molecular flexibility index (Phi) is 5.96. The van der Waals surface area contributed by atoms with Crippen molar-refractivity contribution < 1.29 is 22.7 Å². The van der Waals surface area contributed by atoms with Crippen molar-refractivity contribution in [2.24, 2.45) is 0 Å². The summed E-state index contributed by atoms with van der Waals surface area (Å²) in [6, 6.07) is 7.32. The van der Waals surface area contributed by atoms with Gasteiger partial charge in [0, 0.05) is 13.5 Å². The Morgan fingerprint density at radius 3 is 2.31 bits per heavy atom. The van der Waals surface area contributed by atoms with Gasteiger partial charge in [0.1, 0.15) is 5.75 Å². The maximum absolute atomic E-state index is 12.9. The molecule has 1 aromatic heterocycles. The van der Waals surface area contributed by atoms with Crippen LogP contribution in [0.2, 0.25) is 0 Å². The van der Waals surface area contributed by atoms with Gasteiger partial charge in [-0.3, -0.25) is 10.1 Å². The number of amides is 1. The van der Waals surface area contributed by atoms with E-state index in [0.29, 0.717) is 5.75 Å². The molecule has 0 radical (unpaired) electrons. The number of alkyl halides is 3. The Morgan fingerprint density at radius 1 is 1.15 bits per heavy atom. The molecule has 0 fully saturated rings. The molecule has 0 saturated heterocycles. The van der Waals surface area contributed by atoms with E-state index >= 15 is 0 Å². The number of nitrogens with one attached hydrogen (secondary N) is 2. The highest BCUT2D eigenvalue weighted by Crippen LogP contribution is 2.27. The van der Waals surface area contributed by atoms with Crippen LogP contribution in [0, 0.1) is 0 Å². The van der Waals surface area contributed by atoms with Gasteiger partial charge in [-0.25, -0.2) is 0 Å². The van der Waals surface area contributed by atoms with Gasteiger partial charge in [-0.2, -0.15) is 28.1 Å². The van der Waals surface area contributed by atoms with E-state index in [9.17, 15) is 18.0 Å². The predicted molar refractivity (Wildman–Crippen MR) is 89.0 cm³/mol. The zero-order chi connectivity index (χ0) is 19.3. The van der Waals surface area contributed by atoms with Crippen molar-refractivity contribution in [2.75, 3.05) is 24.3 Å². The van der Waals surface area contributed by atoms with Gasteiger partial charge < -0.3 is 10.1 Å². The summed E-state index contributed by atoms with van der Waals surface area (Å²) in [7, 11) is 1.56. The molecule has 0 aliphatic heterocycles. The average molecular weight is 369 g/mol. The van der Waals surface area contributed by atoms with E-state index in [2.05, 4.69) is 25.6 Å². The summed E-state index contributed by atoms with van der Waals surface area (Å²) in [4.78, 5) is 21.5. The summed E-state index contributed by atoms with van der Waals surface area (Å²) in [6.07, 6.45) is -4.76. The third-order valence-electron chi connectivity index (χ3n) is 3.43. The number of rotatable bonds is 6. The number of carbonyl (C=O) groups excluding carboxylic acids is 1. The Morgan fingerprint density at radius 2 is 1.77 bits per heavy atom. The molecule has 1 atom stereocenters. The summed E-state index contributed by atoms with van der Waals surface area (Å²) in [5.74, 6) is -2.01. The SMILES string of the molecule is COc1ccc(C(C)CNc2nc(NC(C)=O)nc(C(F)(F)F)n2)cc1. The molecule has 1 heterocycles. The highest BCUT2D eigenvalue weighted by Gasteiger charge is 2.36. The number of anilines is 2. The molecule has 2 rings (SSSR count). The molecule has 140 valence electrons. The van der Waals surface area contributed by atoms with Crippen molar-refractivity contribution in [3.8, 4) is 5.75 Å². The van der Waals surface area contributed by atoms with Crippen LogP contribution in [0.3, 0.4) is 0 Å². The fourth-order valence-corrected chi connectivity index (χ4v) is 2.09. The van der Waals surface area contributed by atoms with Crippen LogP contribution in [0.25, 0.3) is 0 Å². The Labute approximate surface area is 148 Å². The van der Waals surface area contributed by atoms with Crippen molar-refractivity contribution in [1.29, 1.82) is 0 Å². The van der Waals surface area contributed by atoms with Crippen LogP contribution < -0.4 is 15.4 Å². The number of nitrogens with zero attached hydrogens (tertiary/aromatic N) is 3. The molecule has 0 aliphatic rings. The normalized spacial score (nSPS) is 12.4. The van der Waals surface area contributed by atoms with Gasteiger partial charge in [0.2, 0.25) is 23.6 Å². The number of methoxy groups -OCH3 is 1. The van der Waals surface area contributed by atoms with Crippen LogP contribution in [0.15, 0.2) is 24.3 Å². The number of carbonyl (C=O) groups is 1. The predicted octanol–water partition coefficient (Wildman–Crippen LogP) is 3.07. The van der Waals surface area contributed by atoms with Gasteiger partial charge in [-0.1, -0.05) is 19.1 Å². The second kappa shape index (κ2) is 7.98. The Bertz CT molecular complexity index is 765. The van der Waals surface area contributed by atoms with E-state index in [1.165, 1.54) is 0 Å². The topological polar surface area (TPSA) is 89.0 Å². The summed E-state index contributed by atoms with van der Waals surface area (Å²) in [5, 5.41) is 4.89. The van der Waals surface area contributed by atoms with Gasteiger partial charge in [-0.05, 0) is 23.6 Å². The van der Waals surface area contributed by atoms with Crippen LogP contribution >= 0.6 is 0 Å². The van der Waals surface area contributed by atoms with Crippen LogP contribution in [-0.4, -0.2) is 34.5 Å². The monoisotopic (exact) mass is 369 g/mol. The lowest BCUT2D eigenvalue weighted by atomic mass is 10.0. The van der Waals surface area contributed by atoms with Crippen LogP contribution in [0.4, 0.5) is 25.1 Å². The summed E-state index contributed by atoms with van der Waals surface area (Å²) in [6.45, 7) is 3.33. The highest BCUT2D eigenvalue weighted by atomic mass is 19.4. The molecule has 26 heavy (non-hydrogen) atoms. The number of hydrogen-bond donors (Lipinski definition) is 2. The minimum Gasteiger partial charge on any atom is -0.497 e. The molecule has 10 heteroatoms. The number of ether oxygens (including phenoxy) is 1. The first-order valence-electron chi connectivity index (χ1n) is 7.67. The van der Waals surface area contributed by atoms with E-state index in [1.807, 2.05) is 19.1 Å². The van der Waals surface area contributed by atoms with E-state index < -0.39 is 23.9 Å². The van der Waals surface area contributed by atoms with E-state index in [-0.39, 0.29) is 18.4 Å². The smallest absolute Gasteiger partial charge is 0.451 e. The van der Waals surface area contributed by atoms with E-state index in [0.717, 1.165) is 12.5 Å². The molecule has 0 spiro atoms. The van der Waals surface area contributed by atoms with Gasteiger partial charge >= 0.3 is 6.18 Å². The molecular formula is C16H18F3N5O2. The summed E-state index contributed by atoms with van der Waals surface area (Å²) < 4.78 is 43.8. The van der Waals surface area contributed by atoms with Gasteiger partial charge in [-0.15, -0.1) is 0 Å². The number of aromatic nitrogens is 3. The van der Waals surface area contributed by atoms with E-state index in [4.69, 9.17) is 4.74 Å². The van der Waals surface area contributed by atoms with Gasteiger partial charge in [0.15, 0.2) is 0 Å². The molecule has 2 aromatic rings. The molecule has 1 amide bonds. The molecule has 0 bridgehead atoms. The lowest BCUT2D eigenvalue weighted by molar-refractivity contribution is -0.145. The van der Waals surface area contributed by atoms with Crippen molar-refractivity contribution in [3.05, 3.63) is 35.7 Å². The summed E-state index contributed by atoms with van der Waals surface area (Å²) >= 11 is 0. The molecule has 0 aliphatic carbocycles. The zero-order valence-corrected chi connectivity index (χ0v) is 14.4. The van der Waals surface area contributed by atoms with Crippen molar-refractivity contribution in [1.82, 2.24) is 15.0 Å². The number of halogens is 3. The van der Waals surface area contributed by atoms with Gasteiger partial charge in [0.25, 0.3) is 0 Å². The lowest BCUT2D eigenvalue weighted by Crippen LogP contribution is -2.20. The quantitative estimate of drug-likeness (QED) is 0.814. The number of hydrogen-bond acceptors (Lipinski definition) is 6. The first-order chi connectivity index (χ1) is 12.2. The first kappa shape index (κ1) is 19.4. The largest absolute Gasteiger partial charge is 0.497 e. The van der Waals surface area contributed by atoms with Crippen molar-refractivity contribution >= 4 is 17.8 Å². The Balaban J connectivity index is 2.15. The molecule has 0 saturated carbocycles. The molecule has 7 nitrogen and oxygen atoms in total. The second-order valence-electron chi connectivity index (χ2n) is 5.54. The third kappa shape index (κ3) is 5.30. The van der Waals surface area contributed by atoms with Crippen molar-refractivity contribution in [2.45, 2.75) is 25.9 Å². The molecule has 1 aromatic carbocycles. The van der Waals surface area contributed by atoms with Gasteiger partial charge in [0.05, 0.1) is 7.11 Å². The van der Waals surface area contributed by atoms with E-state index in [1.54, 1.807) is 19.2 Å². The molecule has 1 unspecified atom stereocenters. The average Bonchev–Trinajstić information content (AvgIpc) is 2.58. The molecule has 2 N–H and O–H groups in total. The lowest BCUT2D eigenvalue weighted by Gasteiger charge is -2.15. The summed E-state index contributed by atoms with van der Waals surface area (Å²) in [5.41, 5.74) is 0.963. The fourth-order valence-electron chi connectivity index (χ4n) is 2.09. The number of benzene rings is 1. The first-order valence-corrected chi connectivity index (χ1v) is 7.67. The van der Waals surface area contributed by atoms with Crippen molar-refractivity contribution in [3.63, 3.8) is 0 Å². The van der Waals surface area contributed by atoms with Crippen LogP contribution in [-0.2, 0) is 11.0 Å². The second-order valence-corrected chi connectivity index (χ2v) is 5.54.